The van der Waals surface area contributed by atoms with Gasteiger partial charge in [-0.2, -0.15) is 0 Å². The van der Waals surface area contributed by atoms with Gasteiger partial charge in [0.2, 0.25) is 5.91 Å². The zero-order chi connectivity index (χ0) is 18.5. The van der Waals surface area contributed by atoms with Crippen molar-refractivity contribution in [2.24, 2.45) is 0 Å². The van der Waals surface area contributed by atoms with Gasteiger partial charge in [-0.05, 0) is 57.9 Å². The molecule has 0 aliphatic heterocycles. The van der Waals surface area contributed by atoms with E-state index in [-0.39, 0.29) is 5.91 Å². The molecule has 0 radical (unpaired) electrons. The molecule has 0 aliphatic rings. The van der Waals surface area contributed by atoms with Gasteiger partial charge in [-0.1, -0.05) is 23.7 Å². The molecule has 3 aromatic rings. The van der Waals surface area contributed by atoms with Gasteiger partial charge in [0, 0.05) is 22.0 Å². The number of thiazole rings is 1. The van der Waals surface area contributed by atoms with Crippen molar-refractivity contribution in [2.75, 3.05) is 12.4 Å². The Morgan fingerprint density at radius 1 is 1.27 bits per heavy atom. The average molecular weight is 450 g/mol. The van der Waals surface area contributed by atoms with E-state index in [9.17, 15) is 4.79 Å². The van der Waals surface area contributed by atoms with E-state index in [1.54, 1.807) is 25.3 Å². The van der Waals surface area contributed by atoms with E-state index < -0.39 is 0 Å². The number of aromatic nitrogens is 1. The Morgan fingerprint density at radius 3 is 2.73 bits per heavy atom. The van der Waals surface area contributed by atoms with Crippen molar-refractivity contribution in [3.05, 3.63) is 69.0 Å². The second kappa shape index (κ2) is 8.49. The van der Waals surface area contributed by atoms with Gasteiger partial charge in [0.15, 0.2) is 5.13 Å². The van der Waals surface area contributed by atoms with Crippen LogP contribution in [0.1, 0.15) is 5.56 Å². The molecule has 1 heterocycles. The summed E-state index contributed by atoms with van der Waals surface area (Å²) in [7, 11) is 1.62. The predicted octanol–water partition coefficient (Wildman–Crippen LogP) is 5.89. The number of nitrogens with zero attached hydrogens (tertiary/aromatic N) is 1. The van der Waals surface area contributed by atoms with Crippen molar-refractivity contribution in [1.29, 1.82) is 0 Å². The predicted molar refractivity (Wildman–Crippen MR) is 111 cm³/mol. The normalized spacial score (nSPS) is 10.9. The summed E-state index contributed by atoms with van der Waals surface area (Å²) >= 11 is 10.7. The van der Waals surface area contributed by atoms with Gasteiger partial charge < -0.3 is 4.74 Å². The molecular formula is C19H14BrClN2O2S. The molecule has 0 spiro atoms. The summed E-state index contributed by atoms with van der Waals surface area (Å²) in [6.07, 6.45) is 3.19. The number of anilines is 1. The Hall–Kier alpha value is -2.15. The molecule has 0 fully saturated rings. The molecule has 0 bridgehead atoms. The van der Waals surface area contributed by atoms with Crippen LogP contribution in [-0.2, 0) is 4.79 Å². The van der Waals surface area contributed by atoms with Gasteiger partial charge in [0.05, 0.1) is 17.3 Å². The van der Waals surface area contributed by atoms with Gasteiger partial charge in [0.1, 0.15) is 5.75 Å². The lowest BCUT2D eigenvalue weighted by molar-refractivity contribution is -0.111. The molecule has 4 nitrogen and oxygen atoms in total. The highest BCUT2D eigenvalue weighted by Crippen LogP contribution is 2.32. The molecule has 3 rings (SSSR count). The third-order valence-electron chi connectivity index (χ3n) is 3.48. The number of carbonyl (C=O) groups excluding carboxylic acids is 1. The highest BCUT2D eigenvalue weighted by molar-refractivity contribution is 9.10. The van der Waals surface area contributed by atoms with Crippen LogP contribution < -0.4 is 10.1 Å². The molecule has 7 heteroatoms. The topological polar surface area (TPSA) is 51.2 Å². The molecule has 1 amide bonds. The van der Waals surface area contributed by atoms with E-state index >= 15 is 0 Å². The first-order valence-corrected chi connectivity index (χ1v) is 9.64. The first kappa shape index (κ1) is 18.6. The molecule has 0 saturated heterocycles. The fourth-order valence-electron chi connectivity index (χ4n) is 2.18. The lowest BCUT2D eigenvalue weighted by atomic mass is 10.2. The number of amides is 1. The van der Waals surface area contributed by atoms with Gasteiger partial charge in [-0.25, -0.2) is 4.98 Å². The van der Waals surface area contributed by atoms with E-state index in [2.05, 4.69) is 26.2 Å². The van der Waals surface area contributed by atoms with Crippen LogP contribution >= 0.6 is 38.9 Å². The van der Waals surface area contributed by atoms with Crippen LogP contribution in [0.3, 0.4) is 0 Å². The van der Waals surface area contributed by atoms with Crippen LogP contribution in [0.25, 0.3) is 17.3 Å². The van der Waals surface area contributed by atoms with Gasteiger partial charge >= 0.3 is 0 Å². The number of nitrogens with one attached hydrogen (secondary N) is 1. The minimum atomic E-state index is -0.239. The van der Waals surface area contributed by atoms with Crippen LogP contribution in [0.4, 0.5) is 5.13 Å². The van der Waals surface area contributed by atoms with E-state index in [1.165, 1.54) is 17.4 Å². The lowest BCUT2D eigenvalue weighted by Crippen LogP contribution is -2.07. The van der Waals surface area contributed by atoms with Crippen molar-refractivity contribution in [2.45, 2.75) is 0 Å². The van der Waals surface area contributed by atoms with Crippen molar-refractivity contribution in [3.63, 3.8) is 0 Å². The molecule has 0 atom stereocenters. The number of methoxy groups -OCH3 is 1. The molecule has 0 aliphatic carbocycles. The highest BCUT2D eigenvalue weighted by Gasteiger charge is 2.09. The van der Waals surface area contributed by atoms with Crippen LogP contribution in [-0.4, -0.2) is 18.0 Å². The molecule has 0 saturated carbocycles. The van der Waals surface area contributed by atoms with E-state index in [0.717, 1.165) is 27.0 Å². The summed E-state index contributed by atoms with van der Waals surface area (Å²) in [5, 5.41) is 5.86. The summed E-state index contributed by atoms with van der Waals surface area (Å²) in [6, 6.07) is 13.0. The smallest absolute Gasteiger partial charge is 0.250 e. The molecular weight excluding hydrogens is 436 g/mol. The first-order valence-electron chi connectivity index (χ1n) is 7.59. The number of halogens is 2. The molecule has 1 N–H and O–H groups in total. The number of carbonyl (C=O) groups is 1. The van der Waals surface area contributed by atoms with E-state index in [1.807, 2.05) is 35.7 Å². The Kier molecular flexibility index (Phi) is 6.08. The third-order valence-corrected chi connectivity index (χ3v) is 5.11. The zero-order valence-electron chi connectivity index (χ0n) is 13.7. The Morgan fingerprint density at radius 2 is 2.04 bits per heavy atom. The van der Waals surface area contributed by atoms with Gasteiger partial charge in [-0.15, -0.1) is 11.3 Å². The first-order chi connectivity index (χ1) is 12.5. The molecule has 0 unspecified atom stereocenters. The maximum absolute atomic E-state index is 12.1. The Balaban J connectivity index is 1.67. The van der Waals surface area contributed by atoms with Gasteiger partial charge in [-0.3, -0.25) is 10.1 Å². The molecule has 1 aromatic heterocycles. The summed E-state index contributed by atoms with van der Waals surface area (Å²) < 4.78 is 6.08. The van der Waals surface area contributed by atoms with Crippen LogP contribution in [0.2, 0.25) is 5.02 Å². The molecule has 26 heavy (non-hydrogen) atoms. The summed E-state index contributed by atoms with van der Waals surface area (Å²) in [5.74, 6) is 0.515. The van der Waals surface area contributed by atoms with Gasteiger partial charge in [0.25, 0.3) is 0 Å². The number of ether oxygens (including phenoxy) is 1. The fraction of sp³-hybridized carbons (Fsp3) is 0.0526. The summed E-state index contributed by atoms with van der Waals surface area (Å²) in [4.78, 5) is 16.5. The number of benzene rings is 2. The van der Waals surface area contributed by atoms with Crippen molar-refractivity contribution in [1.82, 2.24) is 4.98 Å². The minimum absolute atomic E-state index is 0.239. The Bertz CT molecular complexity index is 954. The quantitative estimate of drug-likeness (QED) is 0.494. The van der Waals surface area contributed by atoms with Crippen molar-refractivity contribution < 1.29 is 9.53 Å². The van der Waals surface area contributed by atoms with E-state index in [0.29, 0.717) is 10.2 Å². The van der Waals surface area contributed by atoms with E-state index in [4.69, 9.17) is 16.3 Å². The maximum Gasteiger partial charge on any atom is 0.250 e. The van der Waals surface area contributed by atoms with Crippen LogP contribution in [0.15, 0.2) is 58.4 Å². The molecule has 2 aromatic carbocycles. The van der Waals surface area contributed by atoms with Crippen LogP contribution in [0.5, 0.6) is 5.75 Å². The number of hydrogen-bond acceptors (Lipinski definition) is 4. The largest absolute Gasteiger partial charge is 0.496 e. The number of hydrogen-bond donors (Lipinski definition) is 1. The second-order valence-electron chi connectivity index (χ2n) is 5.26. The SMILES string of the molecule is COc1ccc(-c2csc(NC(=O)C=Cc3ccc(Cl)cc3)n2)cc1Br. The Labute approximate surface area is 168 Å². The highest BCUT2D eigenvalue weighted by atomic mass is 79.9. The second-order valence-corrected chi connectivity index (χ2v) is 7.41. The lowest BCUT2D eigenvalue weighted by Gasteiger charge is -2.04. The average Bonchev–Trinajstić information content (AvgIpc) is 3.09. The van der Waals surface area contributed by atoms with Crippen LogP contribution in [0, 0.1) is 0 Å². The fourth-order valence-corrected chi connectivity index (χ4v) is 3.57. The number of rotatable bonds is 5. The standard InChI is InChI=1S/C19H14BrClN2O2S/c1-25-17-8-5-13(10-15(17)20)16-11-26-19(22-16)23-18(24)9-4-12-2-6-14(21)7-3-12/h2-11H,1H3,(H,22,23,24). The van der Waals surface area contributed by atoms with Crippen molar-refractivity contribution in [3.8, 4) is 17.0 Å². The summed E-state index contributed by atoms with van der Waals surface area (Å²) in [5.41, 5.74) is 2.62. The third kappa shape index (κ3) is 4.72. The van der Waals surface area contributed by atoms with Crippen molar-refractivity contribution >= 4 is 56.0 Å². The molecule has 132 valence electrons. The maximum atomic E-state index is 12.1. The minimum Gasteiger partial charge on any atom is -0.496 e. The zero-order valence-corrected chi connectivity index (χ0v) is 16.9. The summed E-state index contributed by atoms with van der Waals surface area (Å²) in [6.45, 7) is 0. The monoisotopic (exact) mass is 448 g/mol.